The minimum atomic E-state index is -0.333. The number of benzene rings is 3. The van der Waals surface area contributed by atoms with Gasteiger partial charge in [0, 0.05) is 39.3 Å². The highest BCUT2D eigenvalue weighted by atomic mass is 35.5. The highest BCUT2D eigenvalue weighted by Crippen LogP contribution is 2.39. The number of nitrogens with zero attached hydrogens (tertiary/aromatic N) is 1. The number of hydrogen-bond donors (Lipinski definition) is 0. The van der Waals surface area contributed by atoms with Crippen molar-refractivity contribution in [3.8, 4) is 0 Å². The van der Waals surface area contributed by atoms with Crippen LogP contribution in [0.15, 0.2) is 84.4 Å². The number of halogens is 1. The molecule has 1 saturated heterocycles. The molecule has 37 heavy (non-hydrogen) atoms. The van der Waals surface area contributed by atoms with Gasteiger partial charge in [0.15, 0.2) is 5.78 Å². The number of carbonyl (C=O) groups excluding carboxylic acids is 1. The van der Waals surface area contributed by atoms with Crippen LogP contribution in [0.25, 0.3) is 17.7 Å². The Balaban J connectivity index is 0.00000320. The summed E-state index contributed by atoms with van der Waals surface area (Å²) in [5.41, 5.74) is 8.66. The number of rotatable bonds is 7. The fourth-order valence-corrected chi connectivity index (χ4v) is 5.51. The van der Waals surface area contributed by atoms with E-state index in [0.29, 0.717) is 5.56 Å². The van der Waals surface area contributed by atoms with Crippen molar-refractivity contribution in [1.82, 2.24) is 4.90 Å². The largest absolute Gasteiger partial charge is 0.377 e. The van der Waals surface area contributed by atoms with Crippen LogP contribution in [-0.2, 0) is 9.47 Å². The first kappa shape index (κ1) is 27.0. The lowest BCUT2D eigenvalue weighted by Gasteiger charge is -2.38. The number of ketones is 1. The molecule has 4 nitrogen and oxygen atoms in total. The van der Waals surface area contributed by atoms with Crippen molar-refractivity contribution < 1.29 is 14.3 Å². The van der Waals surface area contributed by atoms with Gasteiger partial charge >= 0.3 is 0 Å². The average Bonchev–Trinajstić information content (AvgIpc) is 3.10. The van der Waals surface area contributed by atoms with Crippen LogP contribution in [0.3, 0.4) is 0 Å². The van der Waals surface area contributed by atoms with E-state index >= 15 is 0 Å². The van der Waals surface area contributed by atoms with E-state index in [1.54, 1.807) is 14.2 Å². The molecule has 1 aliphatic carbocycles. The van der Waals surface area contributed by atoms with Crippen molar-refractivity contribution in [2.45, 2.75) is 31.6 Å². The zero-order chi connectivity index (χ0) is 24.9. The van der Waals surface area contributed by atoms with Gasteiger partial charge in [-0.1, -0.05) is 96.6 Å². The second-order valence-electron chi connectivity index (χ2n) is 9.42. The molecule has 2 atom stereocenters. The highest BCUT2D eigenvalue weighted by molar-refractivity contribution is 5.96. The SMILES string of the molecule is COC(CC(=O)c1ccccc1)C(OC)N1CCC(=C2c3ccccc3C=Cc3ccccc32)CC1.Cl. The third kappa shape index (κ3) is 5.78. The molecule has 0 N–H and O–H groups in total. The quantitative estimate of drug-likeness (QED) is 0.255. The van der Waals surface area contributed by atoms with E-state index in [9.17, 15) is 4.79 Å². The Morgan fingerprint density at radius 2 is 1.32 bits per heavy atom. The molecular formula is C32H34ClNO3. The van der Waals surface area contributed by atoms with E-state index in [4.69, 9.17) is 9.47 Å². The van der Waals surface area contributed by atoms with Crippen molar-refractivity contribution in [2.24, 2.45) is 0 Å². The first-order chi connectivity index (χ1) is 17.7. The number of ether oxygens (including phenoxy) is 2. The summed E-state index contributed by atoms with van der Waals surface area (Å²) in [5.74, 6) is 0.0727. The average molecular weight is 516 g/mol. The predicted octanol–water partition coefficient (Wildman–Crippen LogP) is 6.75. The van der Waals surface area contributed by atoms with Gasteiger partial charge in [-0.3, -0.25) is 9.69 Å². The lowest BCUT2D eigenvalue weighted by atomic mass is 9.86. The molecule has 0 amide bonds. The fourth-order valence-electron chi connectivity index (χ4n) is 5.51. The molecule has 3 aromatic rings. The Kier molecular flexibility index (Phi) is 9.12. The third-order valence-corrected chi connectivity index (χ3v) is 7.36. The molecule has 0 aromatic heterocycles. The molecule has 1 aliphatic heterocycles. The van der Waals surface area contributed by atoms with Gasteiger partial charge in [-0.05, 0) is 40.7 Å². The summed E-state index contributed by atoms with van der Waals surface area (Å²) in [7, 11) is 3.37. The Bertz CT molecular complexity index is 1220. The van der Waals surface area contributed by atoms with E-state index < -0.39 is 0 Å². The second kappa shape index (κ2) is 12.5. The molecule has 0 saturated carbocycles. The monoisotopic (exact) mass is 515 g/mol. The molecule has 2 unspecified atom stereocenters. The van der Waals surface area contributed by atoms with Crippen LogP contribution < -0.4 is 0 Å². The van der Waals surface area contributed by atoms with Crippen molar-refractivity contribution in [2.75, 3.05) is 27.3 Å². The van der Waals surface area contributed by atoms with Crippen molar-refractivity contribution in [1.29, 1.82) is 0 Å². The maximum atomic E-state index is 12.9. The molecule has 5 rings (SSSR count). The van der Waals surface area contributed by atoms with Crippen molar-refractivity contribution in [3.05, 3.63) is 112 Å². The van der Waals surface area contributed by atoms with Crippen LogP contribution >= 0.6 is 12.4 Å². The number of hydrogen-bond acceptors (Lipinski definition) is 4. The molecule has 0 radical (unpaired) electrons. The standard InChI is InChI=1S/C32H33NO3.ClH/c1-35-30(22-29(34)25-12-4-3-5-13-25)32(36-2)33-20-18-26(19-21-33)31-27-14-8-6-10-23(27)16-17-24-11-7-9-15-28(24)31;/h3-17,30,32H,18-22H2,1-2H3;1H. The van der Waals surface area contributed by atoms with Crippen molar-refractivity contribution >= 4 is 35.9 Å². The van der Waals surface area contributed by atoms with Gasteiger partial charge < -0.3 is 9.47 Å². The van der Waals surface area contributed by atoms with E-state index in [1.807, 2.05) is 30.3 Å². The number of carbonyl (C=O) groups is 1. The topological polar surface area (TPSA) is 38.8 Å². The molecule has 0 bridgehead atoms. The van der Waals surface area contributed by atoms with E-state index in [0.717, 1.165) is 25.9 Å². The summed E-state index contributed by atoms with van der Waals surface area (Å²) in [6.45, 7) is 1.71. The number of methoxy groups -OCH3 is 2. The minimum Gasteiger partial charge on any atom is -0.377 e. The van der Waals surface area contributed by atoms with Crippen LogP contribution in [0.2, 0.25) is 0 Å². The van der Waals surface area contributed by atoms with Crippen LogP contribution in [0, 0.1) is 0 Å². The van der Waals surface area contributed by atoms with Crippen LogP contribution in [-0.4, -0.2) is 50.3 Å². The molecule has 1 heterocycles. The zero-order valence-electron chi connectivity index (χ0n) is 21.4. The summed E-state index contributed by atoms with van der Waals surface area (Å²) in [6.07, 6.45) is 6.03. The molecule has 192 valence electrons. The maximum absolute atomic E-state index is 12.9. The van der Waals surface area contributed by atoms with Gasteiger partial charge in [0.2, 0.25) is 0 Å². The Labute approximate surface area is 226 Å². The number of piperidine rings is 1. The second-order valence-corrected chi connectivity index (χ2v) is 9.42. The predicted molar refractivity (Wildman–Crippen MR) is 153 cm³/mol. The number of likely N-dealkylation sites (tertiary alicyclic amines) is 1. The normalized spacial score (nSPS) is 16.7. The summed E-state index contributed by atoms with van der Waals surface area (Å²) >= 11 is 0. The van der Waals surface area contributed by atoms with Gasteiger partial charge in [0.05, 0.1) is 0 Å². The molecule has 2 aliphatic rings. The van der Waals surface area contributed by atoms with Gasteiger partial charge in [0.1, 0.15) is 12.3 Å². The lowest BCUT2D eigenvalue weighted by Crippen LogP contribution is -2.49. The van der Waals surface area contributed by atoms with Gasteiger partial charge in [-0.25, -0.2) is 0 Å². The fraction of sp³-hybridized carbons (Fsp3) is 0.281. The Hall–Kier alpha value is -3.02. The summed E-state index contributed by atoms with van der Waals surface area (Å²) < 4.78 is 11.7. The zero-order valence-corrected chi connectivity index (χ0v) is 22.2. The van der Waals surface area contributed by atoms with Gasteiger partial charge in [-0.2, -0.15) is 0 Å². The third-order valence-electron chi connectivity index (χ3n) is 7.36. The Morgan fingerprint density at radius 1 is 0.784 bits per heavy atom. The first-order valence-corrected chi connectivity index (χ1v) is 12.7. The highest BCUT2D eigenvalue weighted by Gasteiger charge is 2.32. The lowest BCUT2D eigenvalue weighted by molar-refractivity contribution is -0.120. The van der Waals surface area contributed by atoms with Crippen LogP contribution in [0.1, 0.15) is 51.9 Å². The smallest absolute Gasteiger partial charge is 0.165 e. The summed E-state index contributed by atoms with van der Waals surface area (Å²) in [6, 6.07) is 26.8. The summed E-state index contributed by atoms with van der Waals surface area (Å²) in [5, 5.41) is 0. The molecular weight excluding hydrogens is 482 g/mol. The van der Waals surface area contributed by atoms with E-state index in [-0.39, 0.29) is 36.9 Å². The van der Waals surface area contributed by atoms with Crippen LogP contribution in [0.5, 0.6) is 0 Å². The van der Waals surface area contributed by atoms with E-state index in [2.05, 4.69) is 65.6 Å². The number of fused-ring (bicyclic) bond motifs is 2. The first-order valence-electron chi connectivity index (χ1n) is 12.7. The Morgan fingerprint density at radius 3 is 1.86 bits per heavy atom. The molecule has 5 heteroatoms. The summed E-state index contributed by atoms with van der Waals surface area (Å²) in [4.78, 5) is 15.2. The van der Waals surface area contributed by atoms with E-state index in [1.165, 1.54) is 33.4 Å². The van der Waals surface area contributed by atoms with Crippen molar-refractivity contribution in [3.63, 3.8) is 0 Å². The molecule has 0 spiro atoms. The maximum Gasteiger partial charge on any atom is 0.165 e. The minimum absolute atomic E-state index is 0. The van der Waals surface area contributed by atoms with Crippen LogP contribution in [0.4, 0.5) is 0 Å². The number of Topliss-reactive ketones (excluding diaryl/α,β-unsaturated/α-hetero) is 1. The molecule has 1 fully saturated rings. The van der Waals surface area contributed by atoms with Gasteiger partial charge in [0.25, 0.3) is 0 Å². The van der Waals surface area contributed by atoms with Gasteiger partial charge in [-0.15, -0.1) is 12.4 Å². The molecule has 3 aromatic carbocycles.